The second-order valence-electron chi connectivity index (χ2n) is 9.16. The number of pyridine rings is 1. The van der Waals surface area contributed by atoms with Crippen LogP contribution >= 0.6 is 0 Å². The van der Waals surface area contributed by atoms with Crippen molar-refractivity contribution in [2.24, 2.45) is 5.41 Å². The average molecular weight is 470 g/mol. The Morgan fingerprint density at radius 2 is 1.97 bits per heavy atom. The summed E-state index contributed by atoms with van der Waals surface area (Å²) in [4.78, 5) is 20.5. The Morgan fingerprint density at radius 1 is 1.17 bits per heavy atom. The molecule has 35 heavy (non-hydrogen) atoms. The Hall–Kier alpha value is -4.19. The van der Waals surface area contributed by atoms with Gasteiger partial charge in [0.1, 0.15) is 11.3 Å². The van der Waals surface area contributed by atoms with Crippen LogP contribution in [0.1, 0.15) is 31.1 Å². The van der Waals surface area contributed by atoms with E-state index in [1.807, 2.05) is 58.9 Å². The number of hydrogen-bond donors (Lipinski definition) is 1. The molecule has 1 saturated heterocycles. The van der Waals surface area contributed by atoms with Crippen molar-refractivity contribution in [1.82, 2.24) is 19.9 Å². The molecule has 4 heterocycles. The Morgan fingerprint density at radius 3 is 2.66 bits per heavy atom. The van der Waals surface area contributed by atoms with Crippen molar-refractivity contribution in [3.63, 3.8) is 0 Å². The molecular formula is C26H27N7O2. The summed E-state index contributed by atoms with van der Waals surface area (Å²) in [7, 11) is 0. The maximum atomic E-state index is 9.41. The summed E-state index contributed by atoms with van der Waals surface area (Å²) >= 11 is 0. The first-order valence-electron chi connectivity index (χ1n) is 11.6. The summed E-state index contributed by atoms with van der Waals surface area (Å²) in [5.41, 5.74) is 3.73. The molecule has 0 aliphatic carbocycles. The highest BCUT2D eigenvalue weighted by Gasteiger charge is 2.40. The lowest BCUT2D eigenvalue weighted by Gasteiger charge is -2.44. The van der Waals surface area contributed by atoms with E-state index in [0.29, 0.717) is 37.3 Å². The third-order valence-corrected chi connectivity index (χ3v) is 6.02. The summed E-state index contributed by atoms with van der Waals surface area (Å²) in [6.45, 7) is 11.4. The molecule has 0 radical (unpaired) electrons. The molecule has 0 amide bonds. The number of aryl methyl sites for hydroxylation is 3. The van der Waals surface area contributed by atoms with Crippen LogP contribution in [0, 0.1) is 37.5 Å². The van der Waals surface area contributed by atoms with Gasteiger partial charge in [-0.05, 0) is 52.0 Å². The first-order valence-corrected chi connectivity index (χ1v) is 11.6. The molecule has 3 aromatic heterocycles. The minimum Gasteiger partial charge on any atom is -0.492 e. The molecule has 1 aliphatic heterocycles. The van der Waals surface area contributed by atoms with E-state index in [1.165, 1.54) is 0 Å². The number of nitriles is 1. The molecule has 0 unspecified atom stereocenters. The highest BCUT2D eigenvalue weighted by molar-refractivity contribution is 5.90. The predicted molar refractivity (Wildman–Crippen MR) is 134 cm³/mol. The average Bonchev–Trinajstić information content (AvgIpc) is 3.15. The molecule has 0 atom stereocenters. The van der Waals surface area contributed by atoms with Crippen LogP contribution in [0.4, 0.5) is 17.5 Å². The van der Waals surface area contributed by atoms with Crippen LogP contribution in [0.25, 0.3) is 22.2 Å². The SMILES string of the molecule is CCOc1cc(-c2oc(C)nc2C)ccc1Nc1ncc2cc(C)nc(N3CC(C)(C#N)C3)c2n1. The lowest BCUT2D eigenvalue weighted by atomic mass is 9.83. The van der Waals surface area contributed by atoms with Crippen molar-refractivity contribution < 1.29 is 9.15 Å². The summed E-state index contributed by atoms with van der Waals surface area (Å²) in [5.74, 6) is 3.22. The molecule has 5 rings (SSSR count). The summed E-state index contributed by atoms with van der Waals surface area (Å²) in [6, 6.07) is 10.2. The van der Waals surface area contributed by atoms with Crippen molar-refractivity contribution in [3.05, 3.63) is 47.7 Å². The molecule has 1 aliphatic rings. The van der Waals surface area contributed by atoms with Crippen molar-refractivity contribution >= 4 is 28.4 Å². The van der Waals surface area contributed by atoms with Gasteiger partial charge in [0, 0.05) is 42.9 Å². The molecule has 0 bridgehead atoms. The first-order chi connectivity index (χ1) is 16.8. The van der Waals surface area contributed by atoms with E-state index in [-0.39, 0.29) is 5.41 Å². The molecule has 9 nitrogen and oxygen atoms in total. The Labute approximate surface area is 203 Å². The normalized spacial score (nSPS) is 14.5. The van der Waals surface area contributed by atoms with E-state index in [4.69, 9.17) is 19.1 Å². The first kappa shape index (κ1) is 22.6. The summed E-state index contributed by atoms with van der Waals surface area (Å²) in [5, 5.41) is 13.6. The van der Waals surface area contributed by atoms with Crippen LogP contribution in [0.2, 0.25) is 0 Å². The largest absolute Gasteiger partial charge is 0.492 e. The number of hydrogen-bond acceptors (Lipinski definition) is 9. The molecule has 0 saturated carbocycles. The van der Waals surface area contributed by atoms with Crippen LogP contribution in [0.3, 0.4) is 0 Å². The fourth-order valence-corrected chi connectivity index (χ4v) is 4.41. The molecular weight excluding hydrogens is 442 g/mol. The Bertz CT molecular complexity index is 1460. The third-order valence-electron chi connectivity index (χ3n) is 6.02. The predicted octanol–water partition coefficient (Wildman–Crippen LogP) is 5.10. The second kappa shape index (κ2) is 8.55. The Kier molecular flexibility index (Phi) is 5.52. The zero-order valence-corrected chi connectivity index (χ0v) is 20.5. The number of fused-ring (bicyclic) bond motifs is 1. The third kappa shape index (κ3) is 4.23. The number of nitrogens with zero attached hydrogens (tertiary/aromatic N) is 6. The maximum Gasteiger partial charge on any atom is 0.227 e. The van der Waals surface area contributed by atoms with Gasteiger partial charge in [-0.25, -0.2) is 19.9 Å². The highest BCUT2D eigenvalue weighted by atomic mass is 16.5. The second-order valence-corrected chi connectivity index (χ2v) is 9.16. The van der Waals surface area contributed by atoms with Gasteiger partial charge in [0.2, 0.25) is 5.95 Å². The van der Waals surface area contributed by atoms with Gasteiger partial charge < -0.3 is 19.4 Å². The molecule has 4 aromatic rings. The van der Waals surface area contributed by atoms with Gasteiger partial charge in [-0.3, -0.25) is 0 Å². The molecule has 0 spiro atoms. The van der Waals surface area contributed by atoms with Gasteiger partial charge in [0.15, 0.2) is 17.5 Å². The zero-order chi connectivity index (χ0) is 24.7. The lowest BCUT2D eigenvalue weighted by Crippen LogP contribution is -2.54. The van der Waals surface area contributed by atoms with Crippen LogP contribution in [-0.2, 0) is 0 Å². The lowest BCUT2D eigenvalue weighted by molar-refractivity contribution is 0.335. The molecule has 9 heteroatoms. The van der Waals surface area contributed by atoms with Crippen LogP contribution in [-0.4, -0.2) is 39.6 Å². The van der Waals surface area contributed by atoms with Gasteiger partial charge in [0.05, 0.1) is 29.5 Å². The minimum atomic E-state index is -0.361. The van der Waals surface area contributed by atoms with E-state index in [1.54, 1.807) is 6.20 Å². The molecule has 1 N–H and O–H groups in total. The van der Waals surface area contributed by atoms with Gasteiger partial charge in [-0.2, -0.15) is 5.26 Å². The fourth-order valence-electron chi connectivity index (χ4n) is 4.41. The van der Waals surface area contributed by atoms with Crippen molar-refractivity contribution in [2.45, 2.75) is 34.6 Å². The summed E-state index contributed by atoms with van der Waals surface area (Å²) in [6.07, 6.45) is 1.79. The fraction of sp³-hybridized carbons (Fsp3) is 0.346. The number of rotatable bonds is 6. The Balaban J connectivity index is 1.49. The number of nitrogens with one attached hydrogen (secondary N) is 1. The number of ether oxygens (including phenoxy) is 1. The van der Waals surface area contributed by atoms with Gasteiger partial charge in [0.25, 0.3) is 0 Å². The minimum absolute atomic E-state index is 0.361. The van der Waals surface area contributed by atoms with Gasteiger partial charge in [-0.15, -0.1) is 0 Å². The van der Waals surface area contributed by atoms with Crippen LogP contribution in [0.15, 0.2) is 34.9 Å². The van der Waals surface area contributed by atoms with Crippen LogP contribution < -0.4 is 15.0 Å². The van der Waals surface area contributed by atoms with Gasteiger partial charge >= 0.3 is 0 Å². The zero-order valence-electron chi connectivity index (χ0n) is 20.5. The van der Waals surface area contributed by atoms with E-state index in [0.717, 1.165) is 45.1 Å². The number of aromatic nitrogens is 4. The topological polar surface area (TPSA) is 113 Å². The smallest absolute Gasteiger partial charge is 0.227 e. The van der Waals surface area contributed by atoms with E-state index in [9.17, 15) is 5.26 Å². The van der Waals surface area contributed by atoms with E-state index < -0.39 is 0 Å². The van der Waals surface area contributed by atoms with E-state index in [2.05, 4.69) is 26.3 Å². The standard InChI is InChI=1S/C26H27N7O2/c1-6-34-21-10-18(23-16(3)30-17(4)35-23)7-8-20(21)31-25-28-11-19-9-15(2)29-24(22(19)32-25)33-13-26(5,12-27)14-33/h7-11H,6,13-14H2,1-5H3,(H,28,31,32). The number of benzene rings is 1. The summed E-state index contributed by atoms with van der Waals surface area (Å²) < 4.78 is 11.7. The molecule has 178 valence electrons. The van der Waals surface area contributed by atoms with E-state index >= 15 is 0 Å². The quantitative estimate of drug-likeness (QED) is 0.412. The number of oxazole rings is 1. The van der Waals surface area contributed by atoms with Crippen molar-refractivity contribution in [3.8, 4) is 23.1 Å². The van der Waals surface area contributed by atoms with Gasteiger partial charge in [-0.1, -0.05) is 0 Å². The van der Waals surface area contributed by atoms with Crippen molar-refractivity contribution in [1.29, 1.82) is 5.26 Å². The maximum absolute atomic E-state index is 9.41. The van der Waals surface area contributed by atoms with Crippen LogP contribution in [0.5, 0.6) is 5.75 Å². The monoisotopic (exact) mass is 469 g/mol. The number of anilines is 3. The molecule has 1 aromatic carbocycles. The molecule has 1 fully saturated rings. The van der Waals surface area contributed by atoms with Crippen molar-refractivity contribution in [2.75, 3.05) is 29.9 Å². The highest BCUT2D eigenvalue weighted by Crippen LogP contribution is 2.37.